The lowest BCUT2D eigenvalue weighted by molar-refractivity contribution is -0.135. The van der Waals surface area contributed by atoms with Gasteiger partial charge in [-0.05, 0) is 30.8 Å². The predicted octanol–water partition coefficient (Wildman–Crippen LogP) is 1.79. The number of carbonyl (C=O) groups excluding carboxylic acids is 1. The molecule has 1 fully saturated rings. The van der Waals surface area contributed by atoms with Gasteiger partial charge in [0.2, 0.25) is 5.91 Å². The number of rotatable bonds is 5. The molecule has 0 bridgehead atoms. The molecule has 1 amide bonds. The fraction of sp³-hybridized carbons (Fsp3) is 0.714. The van der Waals surface area contributed by atoms with Gasteiger partial charge in [-0.25, -0.2) is 4.98 Å². The Hall–Kier alpha value is -0.720. The fourth-order valence-corrected chi connectivity index (χ4v) is 3.20. The van der Waals surface area contributed by atoms with Gasteiger partial charge < -0.3 is 15.2 Å². The summed E-state index contributed by atoms with van der Waals surface area (Å²) >= 11 is 1.73. The maximum absolute atomic E-state index is 12.4. The Morgan fingerprint density at radius 3 is 2.95 bits per heavy atom. The Bertz CT molecular complexity index is 429. The van der Waals surface area contributed by atoms with E-state index in [0.717, 1.165) is 31.7 Å². The zero-order valence-electron chi connectivity index (χ0n) is 12.6. The molecule has 0 saturated carbocycles. The van der Waals surface area contributed by atoms with E-state index < -0.39 is 0 Å². The summed E-state index contributed by atoms with van der Waals surface area (Å²) < 4.78 is 2.11. The molecule has 3 atom stereocenters. The standard InChI is InChI=1S/C14H24N4OS.ClH/c1-11-3-6-17(14(19)12(15)4-8-20-2)9-13(11)18-7-5-16-10-18;/h5,7,10-13H,3-4,6,8-9,15H2,1-2H3;1H. The van der Waals surface area contributed by atoms with Crippen molar-refractivity contribution in [3.63, 3.8) is 0 Å². The first-order chi connectivity index (χ1) is 9.63. The number of halogens is 1. The Morgan fingerprint density at radius 2 is 2.33 bits per heavy atom. The largest absolute Gasteiger partial charge is 0.339 e. The van der Waals surface area contributed by atoms with E-state index in [4.69, 9.17) is 5.73 Å². The quantitative estimate of drug-likeness (QED) is 0.893. The highest BCUT2D eigenvalue weighted by atomic mass is 35.5. The summed E-state index contributed by atoms with van der Waals surface area (Å²) in [5.74, 6) is 1.58. The Kier molecular flexibility index (Phi) is 7.56. The summed E-state index contributed by atoms with van der Waals surface area (Å²) in [7, 11) is 0. The van der Waals surface area contributed by atoms with Crippen molar-refractivity contribution < 1.29 is 4.79 Å². The fourth-order valence-electron chi connectivity index (χ4n) is 2.71. The minimum Gasteiger partial charge on any atom is -0.339 e. The topological polar surface area (TPSA) is 64.2 Å². The molecule has 1 aromatic rings. The van der Waals surface area contributed by atoms with Crippen LogP contribution >= 0.6 is 24.2 Å². The molecule has 2 N–H and O–H groups in total. The van der Waals surface area contributed by atoms with Crippen LogP contribution in [0.1, 0.15) is 25.8 Å². The first kappa shape index (κ1) is 18.3. The molecule has 0 aromatic carbocycles. The molecule has 1 aliphatic heterocycles. The third-order valence-electron chi connectivity index (χ3n) is 4.09. The molecule has 3 unspecified atom stereocenters. The smallest absolute Gasteiger partial charge is 0.239 e. The van der Waals surface area contributed by atoms with E-state index in [-0.39, 0.29) is 24.4 Å². The van der Waals surface area contributed by atoms with Gasteiger partial charge in [0.1, 0.15) is 0 Å². The Labute approximate surface area is 137 Å². The number of thioether (sulfide) groups is 1. The van der Waals surface area contributed by atoms with Crippen molar-refractivity contribution in [2.75, 3.05) is 25.1 Å². The average molecular weight is 333 g/mol. The number of likely N-dealkylation sites (tertiary alicyclic amines) is 1. The van der Waals surface area contributed by atoms with E-state index in [1.807, 2.05) is 23.7 Å². The van der Waals surface area contributed by atoms with E-state index in [2.05, 4.69) is 16.5 Å². The maximum Gasteiger partial charge on any atom is 0.239 e. The molecule has 120 valence electrons. The second-order valence-electron chi connectivity index (χ2n) is 5.52. The molecule has 1 aliphatic rings. The first-order valence-electron chi connectivity index (χ1n) is 7.14. The SMILES string of the molecule is CSCCC(N)C(=O)N1CCC(C)C(n2ccnc2)C1.Cl. The molecule has 2 heterocycles. The number of hydrogen-bond donors (Lipinski definition) is 1. The van der Waals surface area contributed by atoms with Crippen LogP contribution in [0, 0.1) is 5.92 Å². The summed E-state index contributed by atoms with van der Waals surface area (Å²) in [6.45, 7) is 3.79. The van der Waals surface area contributed by atoms with Gasteiger partial charge in [0.15, 0.2) is 0 Å². The summed E-state index contributed by atoms with van der Waals surface area (Å²) in [5, 5.41) is 0. The third-order valence-corrected chi connectivity index (χ3v) is 4.73. The molecule has 7 heteroatoms. The van der Waals surface area contributed by atoms with E-state index >= 15 is 0 Å². The summed E-state index contributed by atoms with van der Waals surface area (Å²) in [4.78, 5) is 18.4. The van der Waals surface area contributed by atoms with Crippen LogP contribution in [0.15, 0.2) is 18.7 Å². The van der Waals surface area contributed by atoms with Gasteiger partial charge in [-0.15, -0.1) is 12.4 Å². The van der Waals surface area contributed by atoms with Crippen LogP contribution in [0.5, 0.6) is 0 Å². The van der Waals surface area contributed by atoms with Crippen molar-refractivity contribution in [2.24, 2.45) is 11.7 Å². The molecular weight excluding hydrogens is 308 g/mol. The molecule has 1 saturated heterocycles. The average Bonchev–Trinajstić information content (AvgIpc) is 2.98. The van der Waals surface area contributed by atoms with Crippen molar-refractivity contribution in [3.8, 4) is 0 Å². The van der Waals surface area contributed by atoms with Gasteiger partial charge in [-0.2, -0.15) is 11.8 Å². The second-order valence-corrected chi connectivity index (χ2v) is 6.50. The molecule has 0 spiro atoms. The number of aromatic nitrogens is 2. The lowest BCUT2D eigenvalue weighted by Gasteiger charge is -2.38. The first-order valence-corrected chi connectivity index (χ1v) is 8.53. The van der Waals surface area contributed by atoms with Crippen molar-refractivity contribution in [3.05, 3.63) is 18.7 Å². The molecular formula is C14H25ClN4OS. The number of imidazole rings is 1. The van der Waals surface area contributed by atoms with Crippen LogP contribution in [0.2, 0.25) is 0 Å². The van der Waals surface area contributed by atoms with Crippen molar-refractivity contribution in [1.82, 2.24) is 14.5 Å². The number of piperidine rings is 1. The molecule has 1 aromatic heterocycles. The summed E-state index contributed by atoms with van der Waals surface area (Å²) in [6, 6.07) is -0.0535. The molecule has 0 aliphatic carbocycles. The summed E-state index contributed by atoms with van der Waals surface area (Å²) in [6.07, 6.45) is 9.41. The Morgan fingerprint density at radius 1 is 1.57 bits per heavy atom. The van der Waals surface area contributed by atoms with Crippen LogP contribution in [0.4, 0.5) is 0 Å². The van der Waals surface area contributed by atoms with Crippen LogP contribution < -0.4 is 5.73 Å². The number of amides is 1. The van der Waals surface area contributed by atoms with E-state index in [1.54, 1.807) is 18.0 Å². The Balaban J connectivity index is 0.00000220. The zero-order chi connectivity index (χ0) is 14.5. The summed E-state index contributed by atoms with van der Waals surface area (Å²) in [5.41, 5.74) is 6.01. The highest BCUT2D eigenvalue weighted by molar-refractivity contribution is 7.98. The lowest BCUT2D eigenvalue weighted by atomic mass is 9.92. The number of carbonyl (C=O) groups is 1. The minimum absolute atomic E-state index is 0. The molecule has 0 radical (unpaired) electrons. The van der Waals surface area contributed by atoms with E-state index in [1.165, 1.54) is 0 Å². The van der Waals surface area contributed by atoms with Crippen molar-refractivity contribution in [1.29, 1.82) is 0 Å². The van der Waals surface area contributed by atoms with Crippen LogP contribution in [-0.2, 0) is 4.79 Å². The van der Waals surface area contributed by atoms with E-state index in [9.17, 15) is 4.79 Å². The van der Waals surface area contributed by atoms with Crippen LogP contribution in [0.3, 0.4) is 0 Å². The van der Waals surface area contributed by atoms with Gasteiger partial charge in [0, 0.05) is 25.5 Å². The maximum atomic E-state index is 12.4. The minimum atomic E-state index is -0.362. The van der Waals surface area contributed by atoms with Crippen LogP contribution in [-0.4, -0.2) is 51.5 Å². The van der Waals surface area contributed by atoms with Gasteiger partial charge in [0.25, 0.3) is 0 Å². The lowest BCUT2D eigenvalue weighted by Crippen LogP contribution is -2.50. The van der Waals surface area contributed by atoms with Crippen molar-refractivity contribution >= 4 is 30.1 Å². The zero-order valence-corrected chi connectivity index (χ0v) is 14.3. The van der Waals surface area contributed by atoms with E-state index in [0.29, 0.717) is 12.0 Å². The highest BCUT2D eigenvalue weighted by Crippen LogP contribution is 2.27. The number of nitrogens with zero attached hydrogens (tertiary/aromatic N) is 3. The predicted molar refractivity (Wildman–Crippen MR) is 89.8 cm³/mol. The van der Waals surface area contributed by atoms with Gasteiger partial charge >= 0.3 is 0 Å². The number of hydrogen-bond acceptors (Lipinski definition) is 4. The number of nitrogens with two attached hydrogens (primary N) is 1. The molecule has 5 nitrogen and oxygen atoms in total. The monoisotopic (exact) mass is 332 g/mol. The third kappa shape index (κ3) is 4.63. The normalized spacial score (nSPS) is 23.5. The van der Waals surface area contributed by atoms with Gasteiger partial charge in [0.05, 0.1) is 18.4 Å². The van der Waals surface area contributed by atoms with Crippen LogP contribution in [0.25, 0.3) is 0 Å². The molecule has 21 heavy (non-hydrogen) atoms. The molecule has 2 rings (SSSR count). The highest BCUT2D eigenvalue weighted by Gasteiger charge is 2.31. The van der Waals surface area contributed by atoms with Crippen molar-refractivity contribution in [2.45, 2.75) is 31.8 Å². The second kappa shape index (κ2) is 8.66. The van der Waals surface area contributed by atoms with Gasteiger partial charge in [-0.3, -0.25) is 4.79 Å². The van der Waals surface area contributed by atoms with Gasteiger partial charge in [-0.1, -0.05) is 6.92 Å².